The van der Waals surface area contributed by atoms with Crippen LogP contribution in [0.2, 0.25) is 0 Å². The van der Waals surface area contributed by atoms with Gasteiger partial charge in [-0.25, -0.2) is 18.2 Å². The van der Waals surface area contributed by atoms with E-state index in [2.05, 4.69) is 14.4 Å². The van der Waals surface area contributed by atoms with Gasteiger partial charge in [-0.3, -0.25) is 4.72 Å². The standard InChI is InChI=1S/C16H14N2O5S/c1-10-17-14-9-12(5-8-15(14)23-10)18-24(20,21)13-6-3-11(4-7-13)16(19)22-2/h3-9,18H,1-2H3. The summed E-state index contributed by atoms with van der Waals surface area (Å²) >= 11 is 0. The molecule has 2 aromatic carbocycles. The normalized spacial score (nSPS) is 11.4. The number of aromatic nitrogens is 1. The lowest BCUT2D eigenvalue weighted by Crippen LogP contribution is -2.13. The first-order valence-electron chi connectivity index (χ1n) is 6.97. The molecule has 3 aromatic rings. The first kappa shape index (κ1) is 16.0. The molecule has 24 heavy (non-hydrogen) atoms. The van der Waals surface area contributed by atoms with Crippen molar-refractivity contribution >= 4 is 32.8 Å². The molecule has 0 aliphatic heterocycles. The van der Waals surface area contributed by atoms with Gasteiger partial charge in [0.25, 0.3) is 10.0 Å². The summed E-state index contributed by atoms with van der Waals surface area (Å²) < 4.78 is 37.3. The Labute approximate surface area is 138 Å². The summed E-state index contributed by atoms with van der Waals surface area (Å²) in [5.41, 5.74) is 1.79. The number of esters is 1. The number of benzene rings is 2. The summed E-state index contributed by atoms with van der Waals surface area (Å²) in [6.07, 6.45) is 0. The summed E-state index contributed by atoms with van der Waals surface area (Å²) in [6.45, 7) is 1.71. The minimum atomic E-state index is -3.78. The van der Waals surface area contributed by atoms with Crippen LogP contribution in [-0.4, -0.2) is 26.5 Å². The van der Waals surface area contributed by atoms with E-state index in [9.17, 15) is 13.2 Å². The fraction of sp³-hybridized carbons (Fsp3) is 0.125. The Morgan fingerprint density at radius 1 is 1.17 bits per heavy atom. The molecule has 0 saturated carbocycles. The van der Waals surface area contributed by atoms with Crippen molar-refractivity contribution in [2.24, 2.45) is 0 Å². The van der Waals surface area contributed by atoms with Crippen LogP contribution in [0.15, 0.2) is 51.8 Å². The van der Waals surface area contributed by atoms with Crippen LogP contribution in [0.3, 0.4) is 0 Å². The Hall–Kier alpha value is -2.87. The van der Waals surface area contributed by atoms with Crippen LogP contribution in [0.25, 0.3) is 11.1 Å². The molecular weight excluding hydrogens is 332 g/mol. The van der Waals surface area contributed by atoms with Gasteiger partial charge < -0.3 is 9.15 Å². The largest absolute Gasteiger partial charge is 0.465 e. The van der Waals surface area contributed by atoms with E-state index in [1.165, 1.54) is 31.4 Å². The molecule has 0 atom stereocenters. The van der Waals surface area contributed by atoms with Gasteiger partial charge >= 0.3 is 5.97 Å². The Balaban J connectivity index is 1.87. The molecule has 0 spiro atoms. The van der Waals surface area contributed by atoms with E-state index in [4.69, 9.17) is 4.42 Å². The molecule has 0 unspecified atom stereocenters. The number of oxazole rings is 1. The minimum absolute atomic E-state index is 0.0339. The van der Waals surface area contributed by atoms with Gasteiger partial charge in [0.15, 0.2) is 11.5 Å². The summed E-state index contributed by atoms with van der Waals surface area (Å²) in [5.74, 6) is -0.0258. The van der Waals surface area contributed by atoms with E-state index in [1.54, 1.807) is 25.1 Å². The van der Waals surface area contributed by atoms with Gasteiger partial charge in [-0.1, -0.05) is 0 Å². The third-order valence-corrected chi connectivity index (χ3v) is 4.73. The minimum Gasteiger partial charge on any atom is -0.465 e. The van der Waals surface area contributed by atoms with Crippen molar-refractivity contribution in [3.05, 3.63) is 53.9 Å². The fourth-order valence-electron chi connectivity index (χ4n) is 2.21. The molecule has 0 aliphatic rings. The lowest BCUT2D eigenvalue weighted by atomic mass is 10.2. The van der Waals surface area contributed by atoms with Crippen LogP contribution in [-0.2, 0) is 14.8 Å². The van der Waals surface area contributed by atoms with E-state index in [-0.39, 0.29) is 10.5 Å². The summed E-state index contributed by atoms with van der Waals surface area (Å²) in [5, 5.41) is 0. The zero-order valence-corrected chi connectivity index (χ0v) is 13.8. The quantitative estimate of drug-likeness (QED) is 0.729. The number of nitrogens with one attached hydrogen (secondary N) is 1. The van der Waals surface area contributed by atoms with Gasteiger partial charge in [0.1, 0.15) is 5.52 Å². The van der Waals surface area contributed by atoms with E-state index < -0.39 is 16.0 Å². The smallest absolute Gasteiger partial charge is 0.337 e. The first-order chi connectivity index (χ1) is 11.4. The highest BCUT2D eigenvalue weighted by molar-refractivity contribution is 7.92. The van der Waals surface area contributed by atoms with Crippen LogP contribution in [0, 0.1) is 6.92 Å². The molecule has 0 saturated heterocycles. The Kier molecular flexibility index (Phi) is 3.98. The van der Waals surface area contributed by atoms with E-state index >= 15 is 0 Å². The maximum absolute atomic E-state index is 12.4. The highest BCUT2D eigenvalue weighted by atomic mass is 32.2. The predicted molar refractivity (Wildman–Crippen MR) is 87.3 cm³/mol. The molecular formula is C16H14N2O5S. The van der Waals surface area contributed by atoms with Crippen LogP contribution in [0.4, 0.5) is 5.69 Å². The van der Waals surface area contributed by atoms with Crippen LogP contribution < -0.4 is 4.72 Å². The van der Waals surface area contributed by atoms with Gasteiger partial charge in [0, 0.05) is 6.92 Å². The van der Waals surface area contributed by atoms with Crippen molar-refractivity contribution < 1.29 is 22.4 Å². The molecule has 0 bridgehead atoms. The molecule has 0 fully saturated rings. The second kappa shape index (κ2) is 5.97. The lowest BCUT2D eigenvalue weighted by Gasteiger charge is -2.08. The van der Waals surface area contributed by atoms with Crippen molar-refractivity contribution in [1.82, 2.24) is 4.98 Å². The first-order valence-corrected chi connectivity index (χ1v) is 8.46. The van der Waals surface area contributed by atoms with Gasteiger partial charge in [-0.15, -0.1) is 0 Å². The summed E-state index contributed by atoms with van der Waals surface area (Å²) in [7, 11) is -2.52. The molecule has 1 heterocycles. The second-order valence-corrected chi connectivity index (χ2v) is 6.72. The number of sulfonamides is 1. The van der Waals surface area contributed by atoms with E-state index in [1.807, 2.05) is 0 Å². The number of carbonyl (C=O) groups is 1. The number of hydrogen-bond donors (Lipinski definition) is 1. The van der Waals surface area contributed by atoms with Gasteiger partial charge in [0.2, 0.25) is 0 Å². The molecule has 124 valence electrons. The lowest BCUT2D eigenvalue weighted by molar-refractivity contribution is 0.0600. The molecule has 1 N–H and O–H groups in total. The van der Waals surface area contributed by atoms with Crippen LogP contribution in [0.1, 0.15) is 16.2 Å². The SMILES string of the molecule is COC(=O)c1ccc(S(=O)(=O)Nc2ccc3oc(C)nc3c2)cc1. The van der Waals surface area contributed by atoms with Gasteiger partial charge in [-0.05, 0) is 42.5 Å². The third kappa shape index (κ3) is 3.09. The summed E-state index contributed by atoms with van der Waals surface area (Å²) in [6, 6.07) is 10.3. The zero-order chi connectivity index (χ0) is 17.3. The van der Waals surface area contributed by atoms with E-state index in [0.29, 0.717) is 22.7 Å². The van der Waals surface area contributed by atoms with Crippen LogP contribution in [0.5, 0.6) is 0 Å². The number of hydrogen-bond acceptors (Lipinski definition) is 6. The number of aryl methyl sites for hydroxylation is 1. The van der Waals surface area contributed by atoms with Gasteiger partial charge in [0.05, 0.1) is 23.3 Å². The van der Waals surface area contributed by atoms with Crippen molar-refractivity contribution in [3.8, 4) is 0 Å². The highest BCUT2D eigenvalue weighted by Gasteiger charge is 2.16. The molecule has 0 aliphatic carbocycles. The number of fused-ring (bicyclic) bond motifs is 1. The zero-order valence-electron chi connectivity index (χ0n) is 12.9. The number of rotatable bonds is 4. The molecule has 8 heteroatoms. The van der Waals surface area contributed by atoms with Crippen molar-refractivity contribution in [2.75, 3.05) is 11.8 Å². The number of carbonyl (C=O) groups excluding carboxylic acids is 1. The Morgan fingerprint density at radius 3 is 2.54 bits per heavy atom. The number of nitrogens with zero attached hydrogens (tertiary/aromatic N) is 1. The molecule has 7 nitrogen and oxygen atoms in total. The molecule has 3 rings (SSSR count). The van der Waals surface area contributed by atoms with Crippen molar-refractivity contribution in [1.29, 1.82) is 0 Å². The van der Waals surface area contributed by atoms with Crippen molar-refractivity contribution in [2.45, 2.75) is 11.8 Å². The van der Waals surface area contributed by atoms with Crippen molar-refractivity contribution in [3.63, 3.8) is 0 Å². The van der Waals surface area contributed by atoms with Gasteiger partial charge in [-0.2, -0.15) is 0 Å². The molecule has 1 aromatic heterocycles. The Morgan fingerprint density at radius 2 is 1.88 bits per heavy atom. The number of methoxy groups -OCH3 is 1. The number of anilines is 1. The monoisotopic (exact) mass is 346 g/mol. The average molecular weight is 346 g/mol. The second-order valence-electron chi connectivity index (χ2n) is 5.04. The molecule has 0 amide bonds. The predicted octanol–water partition coefficient (Wildman–Crippen LogP) is 2.72. The third-order valence-electron chi connectivity index (χ3n) is 3.33. The van der Waals surface area contributed by atoms with E-state index in [0.717, 1.165) is 0 Å². The maximum atomic E-state index is 12.4. The Bertz CT molecular complexity index is 1010. The summed E-state index contributed by atoms with van der Waals surface area (Å²) in [4.78, 5) is 15.6. The average Bonchev–Trinajstić information content (AvgIpc) is 2.93. The number of ether oxygens (including phenoxy) is 1. The van der Waals surface area contributed by atoms with Crippen LogP contribution >= 0.6 is 0 Å². The fourth-order valence-corrected chi connectivity index (χ4v) is 3.26. The highest BCUT2D eigenvalue weighted by Crippen LogP contribution is 2.22. The maximum Gasteiger partial charge on any atom is 0.337 e. The molecule has 0 radical (unpaired) electrons. The topological polar surface area (TPSA) is 98.5 Å².